The van der Waals surface area contributed by atoms with Gasteiger partial charge in [-0.25, -0.2) is 0 Å². The molecule has 0 atom stereocenters. The number of benzene rings is 3. The summed E-state index contributed by atoms with van der Waals surface area (Å²) in [5.74, 6) is 0.737. The summed E-state index contributed by atoms with van der Waals surface area (Å²) in [7, 11) is 1.64. The number of methoxy groups -OCH3 is 1. The molecule has 4 aromatic rings. The maximum atomic E-state index is 13.7. The molecule has 148 valence electrons. The Morgan fingerprint density at radius 2 is 1.50 bits per heavy atom. The Morgan fingerprint density at radius 3 is 2.13 bits per heavy atom. The van der Waals surface area contributed by atoms with Gasteiger partial charge in [0.25, 0.3) is 0 Å². The van der Waals surface area contributed by atoms with Crippen LogP contribution < -0.4 is 4.74 Å². The van der Waals surface area contributed by atoms with Gasteiger partial charge in [-0.2, -0.15) is 0 Å². The monoisotopic (exact) mass is 505 g/mol. The number of ether oxygens (including phenoxy) is 1. The number of hydrogen-bond acceptors (Lipinski definition) is 3. The highest BCUT2D eigenvalue weighted by Gasteiger charge is 2.23. The molecule has 0 unspecified atom stereocenters. The highest BCUT2D eigenvalue weighted by Crippen LogP contribution is 2.36. The van der Waals surface area contributed by atoms with E-state index in [1.807, 2.05) is 92.0 Å². The topological polar surface area (TPSA) is 39.2 Å². The van der Waals surface area contributed by atoms with Crippen molar-refractivity contribution in [2.45, 2.75) is 6.92 Å². The van der Waals surface area contributed by atoms with Gasteiger partial charge in [-0.3, -0.25) is 9.78 Å². The third-order valence-corrected chi connectivity index (χ3v) is 5.82. The molecule has 30 heavy (non-hydrogen) atoms. The van der Waals surface area contributed by atoms with Crippen molar-refractivity contribution in [3.8, 4) is 28.1 Å². The zero-order valence-corrected chi connectivity index (χ0v) is 18.9. The molecule has 1 heterocycles. The SMILES string of the molecule is COc1ccc(-c2c(I)cnc(-c3ccc(C)cc3)c2C(=O)c2ccccc2)cc1. The van der Waals surface area contributed by atoms with E-state index < -0.39 is 0 Å². The first-order chi connectivity index (χ1) is 14.6. The second-order valence-electron chi connectivity index (χ2n) is 6.99. The van der Waals surface area contributed by atoms with E-state index in [4.69, 9.17) is 9.72 Å². The van der Waals surface area contributed by atoms with E-state index in [1.165, 1.54) is 0 Å². The second kappa shape index (κ2) is 8.79. The van der Waals surface area contributed by atoms with Crippen LogP contribution >= 0.6 is 22.6 Å². The molecule has 0 fully saturated rings. The average Bonchev–Trinajstić information content (AvgIpc) is 2.80. The molecule has 0 N–H and O–H groups in total. The van der Waals surface area contributed by atoms with Gasteiger partial charge in [-0.15, -0.1) is 0 Å². The summed E-state index contributed by atoms with van der Waals surface area (Å²) in [4.78, 5) is 18.4. The molecular formula is C26H20INO2. The standard InChI is InChI=1S/C26H20INO2/c1-17-8-10-19(11-9-17)25-24(26(29)20-6-4-3-5-7-20)23(22(27)16-28-25)18-12-14-21(30-2)15-13-18/h3-16H,1-2H3. The predicted molar refractivity (Wildman–Crippen MR) is 129 cm³/mol. The van der Waals surface area contributed by atoms with Crippen molar-refractivity contribution >= 4 is 28.4 Å². The minimum Gasteiger partial charge on any atom is -0.497 e. The summed E-state index contributed by atoms with van der Waals surface area (Å²) < 4.78 is 6.23. The third-order valence-electron chi connectivity index (χ3n) is 5.00. The first kappa shape index (κ1) is 20.3. The molecule has 0 aliphatic carbocycles. The summed E-state index contributed by atoms with van der Waals surface area (Å²) in [5.41, 5.74) is 5.87. The fraction of sp³-hybridized carbons (Fsp3) is 0.0769. The summed E-state index contributed by atoms with van der Waals surface area (Å²) in [6.07, 6.45) is 1.83. The summed E-state index contributed by atoms with van der Waals surface area (Å²) in [5, 5.41) is 0. The van der Waals surface area contributed by atoms with Crippen LogP contribution in [0.3, 0.4) is 0 Å². The van der Waals surface area contributed by atoms with Crippen molar-refractivity contribution in [1.29, 1.82) is 0 Å². The summed E-state index contributed by atoms with van der Waals surface area (Å²) in [6.45, 7) is 2.05. The average molecular weight is 505 g/mol. The Balaban J connectivity index is 1.99. The van der Waals surface area contributed by atoms with E-state index in [9.17, 15) is 4.79 Å². The van der Waals surface area contributed by atoms with Gasteiger partial charge in [0, 0.05) is 26.5 Å². The van der Waals surface area contributed by atoms with Gasteiger partial charge in [-0.05, 0) is 47.2 Å². The van der Waals surface area contributed by atoms with Gasteiger partial charge in [-0.1, -0.05) is 72.3 Å². The fourth-order valence-corrected chi connectivity index (χ4v) is 4.13. The molecule has 0 aliphatic heterocycles. The molecule has 0 aliphatic rings. The van der Waals surface area contributed by atoms with E-state index in [0.717, 1.165) is 31.6 Å². The Kier molecular flexibility index (Phi) is 5.95. The van der Waals surface area contributed by atoms with Crippen LogP contribution in [0.1, 0.15) is 21.5 Å². The molecular weight excluding hydrogens is 485 g/mol. The van der Waals surface area contributed by atoms with Crippen LogP contribution in [0.5, 0.6) is 5.75 Å². The van der Waals surface area contributed by atoms with Gasteiger partial charge in [0.15, 0.2) is 5.78 Å². The molecule has 0 radical (unpaired) electrons. The summed E-state index contributed by atoms with van der Waals surface area (Å²) >= 11 is 2.26. The predicted octanol–water partition coefficient (Wildman–Crippen LogP) is 6.57. The lowest BCUT2D eigenvalue weighted by Crippen LogP contribution is -2.09. The van der Waals surface area contributed by atoms with Crippen molar-refractivity contribution in [1.82, 2.24) is 4.98 Å². The normalized spacial score (nSPS) is 10.6. The van der Waals surface area contributed by atoms with E-state index in [1.54, 1.807) is 7.11 Å². The number of ketones is 1. The smallest absolute Gasteiger partial charge is 0.195 e. The van der Waals surface area contributed by atoms with Crippen LogP contribution in [-0.2, 0) is 0 Å². The number of nitrogens with zero attached hydrogens (tertiary/aromatic N) is 1. The minimum absolute atomic E-state index is 0.0389. The van der Waals surface area contributed by atoms with Crippen molar-refractivity contribution < 1.29 is 9.53 Å². The maximum absolute atomic E-state index is 13.7. The number of aromatic nitrogens is 1. The molecule has 3 nitrogen and oxygen atoms in total. The first-order valence-corrected chi connectivity index (χ1v) is 10.7. The van der Waals surface area contributed by atoms with Crippen LogP contribution in [0.2, 0.25) is 0 Å². The molecule has 0 amide bonds. The van der Waals surface area contributed by atoms with Crippen LogP contribution in [-0.4, -0.2) is 17.9 Å². The minimum atomic E-state index is -0.0389. The molecule has 0 saturated carbocycles. The van der Waals surface area contributed by atoms with Gasteiger partial charge in [0.2, 0.25) is 0 Å². The Labute approximate surface area is 189 Å². The lowest BCUT2D eigenvalue weighted by atomic mass is 9.90. The van der Waals surface area contributed by atoms with Crippen molar-refractivity contribution in [3.63, 3.8) is 0 Å². The van der Waals surface area contributed by atoms with Gasteiger partial charge in [0.1, 0.15) is 5.75 Å². The zero-order valence-electron chi connectivity index (χ0n) is 16.7. The molecule has 1 aromatic heterocycles. The van der Waals surface area contributed by atoms with Gasteiger partial charge in [0.05, 0.1) is 18.4 Å². The largest absolute Gasteiger partial charge is 0.497 e. The van der Waals surface area contributed by atoms with Crippen LogP contribution in [0.4, 0.5) is 0 Å². The number of aryl methyl sites for hydroxylation is 1. The molecule has 0 spiro atoms. The molecule has 3 aromatic carbocycles. The highest BCUT2D eigenvalue weighted by atomic mass is 127. The number of hydrogen-bond donors (Lipinski definition) is 0. The second-order valence-corrected chi connectivity index (χ2v) is 8.16. The Hall–Kier alpha value is -2.99. The maximum Gasteiger partial charge on any atom is 0.195 e. The highest BCUT2D eigenvalue weighted by molar-refractivity contribution is 14.1. The number of pyridine rings is 1. The Bertz CT molecular complexity index is 1180. The van der Waals surface area contributed by atoms with Gasteiger partial charge < -0.3 is 4.74 Å². The number of carbonyl (C=O) groups excluding carboxylic acids is 1. The molecule has 0 saturated heterocycles. The van der Waals surface area contributed by atoms with E-state index in [2.05, 4.69) is 22.6 Å². The van der Waals surface area contributed by atoms with Crippen LogP contribution in [0, 0.1) is 10.5 Å². The molecule has 4 rings (SSSR count). The van der Waals surface area contributed by atoms with Gasteiger partial charge >= 0.3 is 0 Å². The van der Waals surface area contributed by atoms with E-state index in [0.29, 0.717) is 16.8 Å². The zero-order chi connectivity index (χ0) is 21.1. The number of halogens is 1. The van der Waals surface area contributed by atoms with Crippen molar-refractivity contribution in [3.05, 3.63) is 105 Å². The van der Waals surface area contributed by atoms with E-state index >= 15 is 0 Å². The fourth-order valence-electron chi connectivity index (χ4n) is 3.41. The first-order valence-electron chi connectivity index (χ1n) is 9.58. The number of carbonyl (C=O) groups is 1. The quantitative estimate of drug-likeness (QED) is 0.228. The van der Waals surface area contributed by atoms with Crippen LogP contribution in [0.25, 0.3) is 22.4 Å². The third kappa shape index (κ3) is 4.00. The lowest BCUT2D eigenvalue weighted by molar-refractivity contribution is 0.103. The molecule has 0 bridgehead atoms. The van der Waals surface area contributed by atoms with Crippen molar-refractivity contribution in [2.24, 2.45) is 0 Å². The lowest BCUT2D eigenvalue weighted by Gasteiger charge is -2.16. The van der Waals surface area contributed by atoms with Crippen molar-refractivity contribution in [2.75, 3.05) is 7.11 Å². The summed E-state index contributed by atoms with van der Waals surface area (Å²) in [6, 6.07) is 25.3. The number of rotatable bonds is 5. The Morgan fingerprint density at radius 1 is 0.867 bits per heavy atom. The van der Waals surface area contributed by atoms with E-state index in [-0.39, 0.29) is 5.78 Å². The van der Waals surface area contributed by atoms with Crippen LogP contribution in [0.15, 0.2) is 85.1 Å². The molecule has 4 heteroatoms.